The predicted octanol–water partition coefficient (Wildman–Crippen LogP) is 8.31. The number of carbonyl (C=O) groups is 2. The SMILES string of the molecule is CCCCC(CC)Cn1c2ccccc2c2cc(C(=O)C(=NOC(C)=O)c3ccccc3)c3ccccc3c21. The maximum Gasteiger partial charge on any atom is 0.332 e. The molecule has 1 atom stereocenters. The first kappa shape index (κ1) is 26.4. The minimum atomic E-state index is -0.576. The second kappa shape index (κ2) is 11.6. The quantitative estimate of drug-likeness (QED) is 0.0808. The van der Waals surface area contributed by atoms with Crippen LogP contribution in [0.2, 0.25) is 0 Å². The molecule has 1 aromatic heterocycles. The van der Waals surface area contributed by atoms with Crippen LogP contribution in [-0.4, -0.2) is 22.0 Å². The van der Waals surface area contributed by atoms with Crippen LogP contribution in [0, 0.1) is 5.92 Å². The number of benzene rings is 4. The number of oxime groups is 1. The average molecular weight is 519 g/mol. The number of hydrogen-bond acceptors (Lipinski definition) is 4. The molecule has 1 unspecified atom stereocenters. The summed E-state index contributed by atoms with van der Waals surface area (Å²) in [4.78, 5) is 30.8. The van der Waals surface area contributed by atoms with E-state index >= 15 is 0 Å². The number of rotatable bonds is 10. The van der Waals surface area contributed by atoms with Crippen molar-refractivity contribution in [3.63, 3.8) is 0 Å². The maximum absolute atomic E-state index is 14.2. The van der Waals surface area contributed by atoms with Gasteiger partial charge < -0.3 is 9.40 Å². The summed E-state index contributed by atoms with van der Waals surface area (Å²) in [6.45, 7) is 6.72. The van der Waals surface area contributed by atoms with Gasteiger partial charge in [-0.3, -0.25) is 4.79 Å². The fourth-order valence-electron chi connectivity index (χ4n) is 5.53. The summed E-state index contributed by atoms with van der Waals surface area (Å²) < 4.78 is 2.45. The summed E-state index contributed by atoms with van der Waals surface area (Å²) in [6.07, 6.45) is 4.73. The minimum Gasteiger partial charge on any atom is -0.340 e. The second-order valence-corrected chi connectivity index (χ2v) is 10.1. The summed E-state index contributed by atoms with van der Waals surface area (Å²) in [7, 11) is 0. The molecule has 1 heterocycles. The van der Waals surface area contributed by atoms with Gasteiger partial charge in [0.05, 0.1) is 5.52 Å². The van der Waals surface area contributed by atoms with E-state index in [1.54, 1.807) is 12.1 Å². The number of aromatic nitrogens is 1. The van der Waals surface area contributed by atoms with Crippen molar-refractivity contribution in [3.05, 3.63) is 96.1 Å². The zero-order chi connectivity index (χ0) is 27.4. The zero-order valence-electron chi connectivity index (χ0n) is 22.8. The predicted molar refractivity (Wildman–Crippen MR) is 159 cm³/mol. The zero-order valence-corrected chi connectivity index (χ0v) is 22.8. The standard InChI is InChI=1S/C34H34N2O3/c1-4-6-14-24(5-2)22-36-31-20-13-12-18-27(31)29-21-30(26-17-10-11-19-28(26)33(29)36)34(38)32(35-39-23(3)37)25-15-8-7-9-16-25/h7-13,15-21,24H,4-6,14,22H2,1-3H3. The molecule has 0 saturated carbocycles. The van der Waals surface area contributed by atoms with E-state index in [0.29, 0.717) is 17.0 Å². The van der Waals surface area contributed by atoms with Crippen molar-refractivity contribution in [3.8, 4) is 0 Å². The highest BCUT2D eigenvalue weighted by molar-refractivity contribution is 6.53. The van der Waals surface area contributed by atoms with E-state index < -0.39 is 5.97 Å². The molecule has 5 rings (SSSR count). The Balaban J connectivity index is 1.76. The number of hydrogen-bond donors (Lipinski definition) is 0. The van der Waals surface area contributed by atoms with E-state index in [0.717, 1.165) is 40.0 Å². The number of ketones is 1. The van der Waals surface area contributed by atoms with E-state index in [2.05, 4.69) is 53.9 Å². The Labute approximate surface area is 229 Å². The van der Waals surface area contributed by atoms with Gasteiger partial charge in [0, 0.05) is 46.3 Å². The van der Waals surface area contributed by atoms with Crippen LogP contribution in [0.5, 0.6) is 0 Å². The molecule has 0 spiro atoms. The van der Waals surface area contributed by atoms with Crippen molar-refractivity contribution in [2.75, 3.05) is 0 Å². The molecule has 0 aliphatic rings. The molecule has 0 aliphatic heterocycles. The van der Waals surface area contributed by atoms with Gasteiger partial charge >= 0.3 is 5.97 Å². The number of carbonyl (C=O) groups excluding carboxylic acids is 2. The number of unbranched alkanes of at least 4 members (excludes halogenated alkanes) is 1. The van der Waals surface area contributed by atoms with E-state index in [4.69, 9.17) is 4.84 Å². The molecule has 39 heavy (non-hydrogen) atoms. The Kier molecular flexibility index (Phi) is 7.87. The second-order valence-electron chi connectivity index (χ2n) is 10.1. The monoisotopic (exact) mass is 518 g/mol. The number of Topliss-reactive ketones (excluding diaryl/α,β-unsaturated/α-hetero) is 1. The normalized spacial score (nSPS) is 12.7. The van der Waals surface area contributed by atoms with Crippen LogP contribution < -0.4 is 0 Å². The fraction of sp³-hybridized carbons (Fsp3) is 0.265. The van der Waals surface area contributed by atoms with Crippen molar-refractivity contribution in [1.82, 2.24) is 4.57 Å². The van der Waals surface area contributed by atoms with Crippen LogP contribution in [-0.2, 0) is 16.2 Å². The summed E-state index contributed by atoms with van der Waals surface area (Å²) in [5.74, 6) is -0.288. The Morgan fingerprint density at radius 1 is 0.846 bits per heavy atom. The van der Waals surface area contributed by atoms with Crippen molar-refractivity contribution in [2.45, 2.75) is 53.0 Å². The van der Waals surface area contributed by atoms with Crippen LogP contribution in [0.25, 0.3) is 32.6 Å². The maximum atomic E-state index is 14.2. The van der Waals surface area contributed by atoms with Crippen LogP contribution in [0.15, 0.2) is 90.1 Å². The molecule has 5 aromatic rings. The Morgan fingerprint density at radius 3 is 2.21 bits per heavy atom. The Morgan fingerprint density at radius 2 is 1.51 bits per heavy atom. The van der Waals surface area contributed by atoms with E-state index in [1.807, 2.05) is 42.5 Å². The number of nitrogens with zero attached hydrogens (tertiary/aromatic N) is 2. The van der Waals surface area contributed by atoms with Crippen LogP contribution >= 0.6 is 0 Å². The molecular formula is C34H34N2O3. The number of para-hydroxylation sites is 1. The molecule has 0 saturated heterocycles. The van der Waals surface area contributed by atoms with Gasteiger partial charge in [0.25, 0.3) is 0 Å². The van der Waals surface area contributed by atoms with Crippen LogP contribution in [0.1, 0.15) is 62.4 Å². The topological polar surface area (TPSA) is 60.7 Å². The Hall–Kier alpha value is -4.25. The third-order valence-corrected chi connectivity index (χ3v) is 7.53. The first-order valence-electron chi connectivity index (χ1n) is 13.8. The molecule has 0 N–H and O–H groups in total. The summed E-state index contributed by atoms with van der Waals surface area (Å²) >= 11 is 0. The molecule has 0 fully saturated rings. The largest absolute Gasteiger partial charge is 0.340 e. The highest BCUT2D eigenvalue weighted by atomic mass is 16.7. The lowest BCUT2D eigenvalue weighted by Crippen LogP contribution is -2.18. The minimum absolute atomic E-state index is 0.102. The van der Waals surface area contributed by atoms with Crippen molar-refractivity contribution in [2.24, 2.45) is 11.1 Å². The molecule has 0 bridgehead atoms. The molecule has 5 heteroatoms. The van der Waals surface area contributed by atoms with Crippen molar-refractivity contribution >= 4 is 50.0 Å². The van der Waals surface area contributed by atoms with Gasteiger partial charge in [-0.2, -0.15) is 0 Å². The average Bonchev–Trinajstić information content (AvgIpc) is 3.28. The summed E-state index contributed by atoms with van der Waals surface area (Å²) in [6, 6.07) is 27.7. The van der Waals surface area contributed by atoms with Gasteiger partial charge in [-0.15, -0.1) is 0 Å². The third kappa shape index (κ3) is 5.22. The highest BCUT2D eigenvalue weighted by Crippen LogP contribution is 2.37. The van der Waals surface area contributed by atoms with E-state index in [-0.39, 0.29) is 11.5 Å². The molecule has 0 aliphatic carbocycles. The molecule has 4 aromatic carbocycles. The van der Waals surface area contributed by atoms with Gasteiger partial charge in [-0.1, -0.05) is 111 Å². The van der Waals surface area contributed by atoms with Crippen molar-refractivity contribution < 1.29 is 14.4 Å². The highest BCUT2D eigenvalue weighted by Gasteiger charge is 2.24. The Bertz CT molecular complexity index is 1680. The van der Waals surface area contributed by atoms with Gasteiger partial charge in [-0.05, 0) is 29.9 Å². The lowest BCUT2D eigenvalue weighted by Gasteiger charge is -2.18. The van der Waals surface area contributed by atoms with Gasteiger partial charge in [0.15, 0.2) is 5.71 Å². The van der Waals surface area contributed by atoms with Gasteiger partial charge in [-0.25, -0.2) is 4.79 Å². The summed E-state index contributed by atoms with van der Waals surface area (Å²) in [5, 5.41) is 8.06. The van der Waals surface area contributed by atoms with Crippen LogP contribution in [0.3, 0.4) is 0 Å². The van der Waals surface area contributed by atoms with Gasteiger partial charge in [0.1, 0.15) is 0 Å². The molecule has 0 radical (unpaired) electrons. The molecule has 198 valence electrons. The third-order valence-electron chi connectivity index (χ3n) is 7.53. The van der Waals surface area contributed by atoms with E-state index in [9.17, 15) is 9.59 Å². The molecular weight excluding hydrogens is 484 g/mol. The smallest absolute Gasteiger partial charge is 0.332 e. The number of fused-ring (bicyclic) bond motifs is 5. The van der Waals surface area contributed by atoms with Crippen LogP contribution in [0.4, 0.5) is 0 Å². The lowest BCUT2D eigenvalue weighted by molar-refractivity contribution is -0.140. The summed E-state index contributed by atoms with van der Waals surface area (Å²) in [5.41, 5.74) is 3.56. The fourth-order valence-corrected chi connectivity index (χ4v) is 5.53. The first-order valence-corrected chi connectivity index (χ1v) is 13.8. The first-order chi connectivity index (χ1) is 19.0. The van der Waals surface area contributed by atoms with Crippen molar-refractivity contribution in [1.29, 1.82) is 0 Å². The van der Waals surface area contributed by atoms with Gasteiger partial charge in [0.2, 0.25) is 5.78 Å². The van der Waals surface area contributed by atoms with E-state index in [1.165, 1.54) is 31.7 Å². The molecule has 0 amide bonds. The lowest BCUT2D eigenvalue weighted by atomic mass is 9.93. The molecule has 5 nitrogen and oxygen atoms in total.